The lowest BCUT2D eigenvalue weighted by molar-refractivity contribution is -0.0496. The lowest BCUT2D eigenvalue weighted by Gasteiger charge is -2.57. The van der Waals surface area contributed by atoms with Gasteiger partial charge < -0.3 is 0 Å². The van der Waals surface area contributed by atoms with Gasteiger partial charge in [-0.25, -0.2) is 10.4 Å². The van der Waals surface area contributed by atoms with Crippen molar-refractivity contribution in [3.63, 3.8) is 0 Å². The largest absolute Gasteiger partial charge is 0.250 e. The van der Waals surface area contributed by atoms with Gasteiger partial charge >= 0.3 is 0 Å². The SMILES string of the molecule is C[C@@H]1C2CCCC3=CCC(C)(C)C(NN1CI)C32. The van der Waals surface area contributed by atoms with E-state index >= 15 is 0 Å². The number of allylic oxidation sites excluding steroid dienone is 1. The van der Waals surface area contributed by atoms with Crippen molar-refractivity contribution >= 4 is 22.6 Å². The van der Waals surface area contributed by atoms with E-state index in [-0.39, 0.29) is 0 Å². The number of hydrogen-bond donors (Lipinski definition) is 1. The molecule has 1 N–H and O–H groups in total. The number of nitrogens with zero attached hydrogens (tertiary/aromatic N) is 1. The van der Waals surface area contributed by atoms with Crippen LogP contribution < -0.4 is 5.43 Å². The third-order valence-electron chi connectivity index (χ3n) is 5.53. The summed E-state index contributed by atoms with van der Waals surface area (Å²) in [5.74, 6) is 1.67. The topological polar surface area (TPSA) is 15.3 Å². The Kier molecular flexibility index (Phi) is 3.52. The normalized spacial score (nSPS) is 43.2. The second-order valence-electron chi connectivity index (χ2n) is 6.99. The summed E-state index contributed by atoms with van der Waals surface area (Å²) in [5, 5.41) is 2.49. The van der Waals surface area contributed by atoms with Crippen LogP contribution in [0.4, 0.5) is 0 Å². The third kappa shape index (κ3) is 1.97. The maximum atomic E-state index is 3.86. The van der Waals surface area contributed by atoms with E-state index in [0.717, 1.165) is 16.4 Å². The van der Waals surface area contributed by atoms with Gasteiger partial charge in [-0.15, -0.1) is 0 Å². The van der Waals surface area contributed by atoms with Gasteiger partial charge in [-0.05, 0) is 43.9 Å². The molecule has 1 saturated heterocycles. The molecular weight excluding hydrogens is 335 g/mol. The molecule has 102 valence electrons. The third-order valence-corrected chi connectivity index (χ3v) is 6.26. The molecule has 1 heterocycles. The van der Waals surface area contributed by atoms with Gasteiger partial charge in [-0.3, -0.25) is 0 Å². The molecule has 0 amide bonds. The fraction of sp³-hybridized carbons (Fsp3) is 0.867. The molecule has 0 aromatic rings. The highest BCUT2D eigenvalue weighted by Crippen LogP contribution is 2.50. The van der Waals surface area contributed by atoms with E-state index in [1.54, 1.807) is 5.57 Å². The summed E-state index contributed by atoms with van der Waals surface area (Å²) in [5.41, 5.74) is 6.02. The molecule has 2 nitrogen and oxygen atoms in total. The van der Waals surface area contributed by atoms with E-state index in [4.69, 9.17) is 0 Å². The van der Waals surface area contributed by atoms with E-state index in [0.29, 0.717) is 17.5 Å². The van der Waals surface area contributed by atoms with Crippen molar-refractivity contribution in [1.82, 2.24) is 10.4 Å². The Labute approximate surface area is 125 Å². The molecule has 3 heteroatoms. The molecule has 0 aromatic carbocycles. The molecule has 1 saturated carbocycles. The first-order valence-corrected chi connectivity index (χ1v) is 8.85. The highest BCUT2D eigenvalue weighted by molar-refractivity contribution is 14.1. The second kappa shape index (κ2) is 4.74. The Morgan fingerprint density at radius 1 is 1.50 bits per heavy atom. The van der Waals surface area contributed by atoms with Gasteiger partial charge in [-0.2, -0.15) is 0 Å². The van der Waals surface area contributed by atoms with Crippen molar-refractivity contribution in [1.29, 1.82) is 0 Å². The van der Waals surface area contributed by atoms with Gasteiger partial charge in [0.2, 0.25) is 0 Å². The summed E-state index contributed by atoms with van der Waals surface area (Å²) in [6.07, 6.45) is 7.99. The minimum Gasteiger partial charge on any atom is -0.250 e. The first-order valence-electron chi connectivity index (χ1n) is 7.32. The Bertz CT molecular complexity index is 364. The standard InChI is InChI=1S/C15H25IN2/c1-10-12-6-4-5-11-7-8-15(2,3)14(13(11)12)17-18(10)9-16/h7,10,12-14,17H,4-6,8-9H2,1-3H3/t10-,12?,13?,14?/m1/s1. The fourth-order valence-electron chi connectivity index (χ4n) is 4.34. The average Bonchev–Trinajstić information content (AvgIpc) is 2.36. The Morgan fingerprint density at radius 3 is 3.00 bits per heavy atom. The molecule has 0 bridgehead atoms. The molecule has 2 fully saturated rings. The predicted octanol–water partition coefficient (Wildman–Crippen LogP) is 3.73. The van der Waals surface area contributed by atoms with Crippen LogP contribution in [0, 0.1) is 17.3 Å². The van der Waals surface area contributed by atoms with Crippen molar-refractivity contribution in [2.45, 2.75) is 58.5 Å². The molecule has 0 aromatic heterocycles. The second-order valence-corrected chi connectivity index (χ2v) is 7.67. The average molecular weight is 360 g/mol. The summed E-state index contributed by atoms with van der Waals surface area (Å²) in [6.45, 7) is 7.28. The van der Waals surface area contributed by atoms with Crippen LogP contribution in [0.5, 0.6) is 0 Å². The summed E-state index contributed by atoms with van der Waals surface area (Å²) < 4.78 is 1.09. The molecule has 3 aliphatic rings. The zero-order valence-corrected chi connectivity index (χ0v) is 13.9. The number of alkyl halides is 1. The number of rotatable bonds is 1. The molecule has 3 unspecified atom stereocenters. The number of halogens is 1. The van der Waals surface area contributed by atoms with Gasteiger partial charge in [0.1, 0.15) is 0 Å². The van der Waals surface area contributed by atoms with Crippen molar-refractivity contribution in [2.24, 2.45) is 17.3 Å². The summed E-state index contributed by atoms with van der Waals surface area (Å²) in [7, 11) is 0. The Hall–Kier alpha value is 0.390. The molecule has 4 atom stereocenters. The van der Waals surface area contributed by atoms with Crippen LogP contribution in [0.3, 0.4) is 0 Å². The lowest BCUT2D eigenvalue weighted by Crippen LogP contribution is -2.67. The number of nitrogens with one attached hydrogen (secondary N) is 1. The maximum Gasteiger partial charge on any atom is 0.0652 e. The fourth-order valence-corrected chi connectivity index (χ4v) is 5.15. The van der Waals surface area contributed by atoms with Gasteiger partial charge in [0.15, 0.2) is 0 Å². The molecule has 3 rings (SSSR count). The Morgan fingerprint density at radius 2 is 2.28 bits per heavy atom. The monoisotopic (exact) mass is 360 g/mol. The molecule has 18 heavy (non-hydrogen) atoms. The predicted molar refractivity (Wildman–Crippen MR) is 84.4 cm³/mol. The van der Waals surface area contributed by atoms with Gasteiger partial charge in [0.05, 0.1) is 4.55 Å². The molecule has 0 spiro atoms. The zero-order valence-electron chi connectivity index (χ0n) is 11.7. The van der Waals surface area contributed by atoms with E-state index in [9.17, 15) is 0 Å². The summed E-state index contributed by atoms with van der Waals surface area (Å²) >= 11 is 2.50. The smallest absolute Gasteiger partial charge is 0.0652 e. The van der Waals surface area contributed by atoms with Crippen molar-refractivity contribution in [3.05, 3.63) is 11.6 Å². The first kappa shape index (κ1) is 13.4. The molecule has 0 radical (unpaired) electrons. The van der Waals surface area contributed by atoms with Gasteiger partial charge in [0, 0.05) is 18.0 Å². The van der Waals surface area contributed by atoms with Crippen LogP contribution >= 0.6 is 22.6 Å². The van der Waals surface area contributed by atoms with Crippen LogP contribution in [-0.4, -0.2) is 21.6 Å². The summed E-state index contributed by atoms with van der Waals surface area (Å²) in [6, 6.07) is 1.33. The van der Waals surface area contributed by atoms with Crippen LogP contribution in [0.1, 0.15) is 46.5 Å². The highest BCUT2D eigenvalue weighted by atomic mass is 127. The first-order chi connectivity index (χ1) is 8.54. The van der Waals surface area contributed by atoms with Crippen LogP contribution in [-0.2, 0) is 0 Å². The molecule has 2 aliphatic carbocycles. The molecule has 1 aliphatic heterocycles. The van der Waals surface area contributed by atoms with E-state index in [2.05, 4.69) is 59.9 Å². The van der Waals surface area contributed by atoms with Crippen LogP contribution in [0.25, 0.3) is 0 Å². The van der Waals surface area contributed by atoms with Gasteiger partial charge in [-0.1, -0.05) is 48.1 Å². The zero-order chi connectivity index (χ0) is 12.9. The quantitative estimate of drug-likeness (QED) is 0.332. The maximum absolute atomic E-state index is 3.86. The highest BCUT2D eigenvalue weighted by Gasteiger charge is 2.50. The van der Waals surface area contributed by atoms with Crippen molar-refractivity contribution < 1.29 is 0 Å². The molecular formula is C15H25IN2. The van der Waals surface area contributed by atoms with Crippen molar-refractivity contribution in [2.75, 3.05) is 4.55 Å². The number of hydrazine groups is 1. The number of hydrogen-bond acceptors (Lipinski definition) is 2. The minimum atomic E-state index is 0.397. The van der Waals surface area contributed by atoms with Crippen molar-refractivity contribution in [3.8, 4) is 0 Å². The minimum absolute atomic E-state index is 0.397. The Balaban J connectivity index is 1.98. The summed E-state index contributed by atoms with van der Waals surface area (Å²) in [4.78, 5) is 0. The van der Waals surface area contributed by atoms with E-state index in [1.165, 1.54) is 25.7 Å². The van der Waals surface area contributed by atoms with E-state index in [1.807, 2.05) is 0 Å². The van der Waals surface area contributed by atoms with Crippen LogP contribution in [0.2, 0.25) is 0 Å². The van der Waals surface area contributed by atoms with Crippen LogP contribution in [0.15, 0.2) is 11.6 Å². The van der Waals surface area contributed by atoms with E-state index < -0.39 is 0 Å². The van der Waals surface area contributed by atoms with Gasteiger partial charge in [0.25, 0.3) is 0 Å². The lowest BCUT2D eigenvalue weighted by atomic mass is 9.58.